The molecule has 0 radical (unpaired) electrons. The minimum Gasteiger partial charge on any atom is -0.0999 e. The van der Waals surface area contributed by atoms with Crippen molar-refractivity contribution in [1.29, 1.82) is 0 Å². The lowest BCUT2D eigenvalue weighted by atomic mass is 9.84. The molecule has 174 valence electrons. The van der Waals surface area contributed by atoms with Gasteiger partial charge in [-0.3, -0.25) is 0 Å². The molecule has 0 heterocycles. The third kappa shape index (κ3) is 17.4. The van der Waals surface area contributed by atoms with Crippen LogP contribution in [0.5, 0.6) is 0 Å². The smallest absolute Gasteiger partial charge is 0.0593 e. The average molecular weight is 415 g/mol. The minimum atomic E-state index is 0.202. The summed E-state index contributed by atoms with van der Waals surface area (Å²) < 4.78 is 0. The quantitative estimate of drug-likeness (QED) is 0.299. The number of allylic oxidation sites excluding steroid dienone is 6. The fourth-order valence-electron chi connectivity index (χ4n) is 2.65. The van der Waals surface area contributed by atoms with Gasteiger partial charge in [0.1, 0.15) is 0 Å². The summed E-state index contributed by atoms with van der Waals surface area (Å²) in [6.45, 7) is 31.7. The maximum absolute atomic E-state index is 4.08. The monoisotopic (exact) mass is 414 g/mol. The highest BCUT2D eigenvalue weighted by atomic mass is 14.2. The molecule has 1 aliphatic carbocycles. The van der Waals surface area contributed by atoms with E-state index < -0.39 is 0 Å². The lowest BCUT2D eigenvalue weighted by molar-refractivity contribution is 0.515. The normalized spacial score (nSPS) is 17.5. The molecule has 0 aromatic carbocycles. The molecule has 30 heavy (non-hydrogen) atoms. The van der Waals surface area contributed by atoms with Gasteiger partial charge in [0.2, 0.25) is 0 Å². The van der Waals surface area contributed by atoms with Crippen LogP contribution in [-0.4, -0.2) is 0 Å². The van der Waals surface area contributed by atoms with Crippen LogP contribution >= 0.6 is 0 Å². The highest BCUT2D eigenvalue weighted by Gasteiger charge is 2.15. The van der Waals surface area contributed by atoms with Gasteiger partial charge in [-0.15, -0.1) is 0 Å². The van der Waals surface area contributed by atoms with Crippen LogP contribution in [0.3, 0.4) is 0 Å². The van der Waals surface area contributed by atoms with Gasteiger partial charge in [0, 0.05) is 6.42 Å². The third-order valence-corrected chi connectivity index (χ3v) is 5.09. The number of unbranched alkanes of at least 4 members (excludes halogenated alkanes) is 1. The summed E-state index contributed by atoms with van der Waals surface area (Å²) in [6, 6.07) is 0. The molecule has 0 saturated heterocycles. The Hall–Kier alpha value is -1.48. The molecular formula is C30H54. The molecule has 0 heteroatoms. The van der Waals surface area contributed by atoms with Crippen LogP contribution in [0, 0.1) is 29.1 Å². The highest BCUT2D eigenvalue weighted by molar-refractivity contribution is 5.34. The van der Waals surface area contributed by atoms with Crippen LogP contribution in [0.2, 0.25) is 0 Å². The van der Waals surface area contributed by atoms with E-state index in [4.69, 9.17) is 0 Å². The fraction of sp³-hybridized carbons (Fsp3) is 0.667. The van der Waals surface area contributed by atoms with Gasteiger partial charge >= 0.3 is 0 Å². The van der Waals surface area contributed by atoms with Crippen molar-refractivity contribution in [3.8, 4) is 11.8 Å². The molecule has 1 unspecified atom stereocenters. The molecule has 0 amide bonds. The van der Waals surface area contributed by atoms with Gasteiger partial charge in [0.15, 0.2) is 0 Å². The predicted octanol–water partition coefficient (Wildman–Crippen LogP) is 10.3. The zero-order valence-electron chi connectivity index (χ0n) is 22.5. The van der Waals surface area contributed by atoms with Gasteiger partial charge in [-0.05, 0) is 43.1 Å². The first-order valence-electron chi connectivity index (χ1n) is 12.3. The van der Waals surface area contributed by atoms with Crippen molar-refractivity contribution in [3.05, 3.63) is 48.1 Å². The fourth-order valence-corrected chi connectivity index (χ4v) is 2.65. The second kappa shape index (κ2) is 20.8. The molecule has 0 N–H and O–H groups in total. The van der Waals surface area contributed by atoms with Crippen LogP contribution in [0.25, 0.3) is 0 Å². The largest absolute Gasteiger partial charge is 0.0999 e. The van der Waals surface area contributed by atoms with Gasteiger partial charge in [-0.2, -0.15) is 0 Å². The Morgan fingerprint density at radius 3 is 1.83 bits per heavy atom. The van der Waals surface area contributed by atoms with Crippen molar-refractivity contribution >= 4 is 0 Å². The highest BCUT2D eigenvalue weighted by Crippen LogP contribution is 2.28. The molecule has 0 fully saturated rings. The molecule has 1 rings (SSSR count). The van der Waals surface area contributed by atoms with Crippen molar-refractivity contribution in [2.45, 2.75) is 115 Å². The van der Waals surface area contributed by atoms with E-state index in [0.29, 0.717) is 0 Å². The van der Waals surface area contributed by atoms with E-state index in [1.165, 1.54) is 42.4 Å². The summed E-state index contributed by atoms with van der Waals surface area (Å²) in [5.41, 5.74) is 4.11. The second-order valence-electron chi connectivity index (χ2n) is 8.64. The van der Waals surface area contributed by atoms with Crippen molar-refractivity contribution in [3.63, 3.8) is 0 Å². The van der Waals surface area contributed by atoms with Gasteiger partial charge in [0.05, 0.1) is 5.92 Å². The topological polar surface area (TPSA) is 0 Å². The van der Waals surface area contributed by atoms with Gasteiger partial charge in [-0.25, -0.2) is 0 Å². The summed E-state index contributed by atoms with van der Waals surface area (Å²) in [7, 11) is 0. The summed E-state index contributed by atoms with van der Waals surface area (Å²) in [6.07, 6.45) is 13.6. The first-order valence-corrected chi connectivity index (χ1v) is 12.3. The molecule has 0 spiro atoms. The SMILES string of the molecule is C=C(C)C(CC)CC.C=C(CC)C1C#CC/C=C(C(C)(C)C)\C=C/1.CC.CCCC. The zero-order valence-corrected chi connectivity index (χ0v) is 22.5. The van der Waals surface area contributed by atoms with E-state index in [9.17, 15) is 0 Å². The van der Waals surface area contributed by atoms with Gasteiger partial charge in [-0.1, -0.05) is 136 Å². The molecule has 0 aromatic heterocycles. The number of rotatable bonds is 6. The van der Waals surface area contributed by atoms with E-state index in [-0.39, 0.29) is 11.3 Å². The Morgan fingerprint density at radius 1 is 1.03 bits per heavy atom. The molecule has 1 atom stereocenters. The lowest BCUT2D eigenvalue weighted by Gasteiger charge is -2.21. The Bertz CT molecular complexity index is 545. The predicted molar refractivity (Wildman–Crippen MR) is 143 cm³/mol. The van der Waals surface area contributed by atoms with Crippen molar-refractivity contribution in [2.75, 3.05) is 0 Å². The Labute approximate surface area is 192 Å². The van der Waals surface area contributed by atoms with E-state index in [0.717, 1.165) is 18.8 Å². The summed E-state index contributed by atoms with van der Waals surface area (Å²) in [5.74, 6) is 7.47. The van der Waals surface area contributed by atoms with Gasteiger partial charge < -0.3 is 0 Å². The Kier molecular flexibility index (Phi) is 23.0. The first-order chi connectivity index (χ1) is 14.1. The second-order valence-corrected chi connectivity index (χ2v) is 8.64. The third-order valence-electron chi connectivity index (χ3n) is 5.09. The van der Waals surface area contributed by atoms with E-state index in [1.54, 1.807) is 0 Å². The number of hydrogen-bond donors (Lipinski definition) is 0. The Balaban J connectivity index is -0.000000435. The minimum absolute atomic E-state index is 0.202. The van der Waals surface area contributed by atoms with Crippen molar-refractivity contribution < 1.29 is 0 Å². The van der Waals surface area contributed by atoms with Crippen molar-refractivity contribution in [1.82, 2.24) is 0 Å². The first kappa shape index (κ1) is 33.2. The van der Waals surface area contributed by atoms with E-state index >= 15 is 0 Å². The zero-order chi connectivity index (χ0) is 24.2. The molecule has 0 aromatic rings. The summed E-state index contributed by atoms with van der Waals surface area (Å²) in [5, 5.41) is 0. The van der Waals surface area contributed by atoms with Crippen LogP contribution in [0.1, 0.15) is 115 Å². The molecular weight excluding hydrogens is 360 g/mol. The van der Waals surface area contributed by atoms with E-state index in [2.05, 4.69) is 106 Å². The van der Waals surface area contributed by atoms with Crippen LogP contribution in [-0.2, 0) is 0 Å². The van der Waals surface area contributed by atoms with E-state index in [1.807, 2.05) is 13.8 Å². The van der Waals surface area contributed by atoms with Gasteiger partial charge in [0.25, 0.3) is 0 Å². The van der Waals surface area contributed by atoms with Crippen LogP contribution in [0.15, 0.2) is 48.1 Å². The maximum Gasteiger partial charge on any atom is 0.0593 e. The molecule has 0 saturated carbocycles. The standard InChI is InChI=1S/C16H22.C8H16.C4H10.C2H6/c1-6-13(2)14-9-7-8-10-15(12-11-14)16(3,4)5;1-5-8(6-2)7(3)4;1-3-4-2;1-2/h10-12,14H,2,6,8H2,1,3-5H3;8H,3,5-6H2,1-2,4H3;3-4H2,1-2H3;1-2H3/b12-11-,15-10+;;;. The summed E-state index contributed by atoms with van der Waals surface area (Å²) >= 11 is 0. The lowest BCUT2D eigenvalue weighted by Crippen LogP contribution is -2.09. The number of hydrogen-bond acceptors (Lipinski definition) is 0. The Morgan fingerprint density at radius 2 is 1.53 bits per heavy atom. The molecule has 0 aliphatic heterocycles. The average Bonchev–Trinajstić information content (AvgIpc) is 2.69. The van der Waals surface area contributed by atoms with Crippen molar-refractivity contribution in [2.24, 2.45) is 17.3 Å². The molecule has 1 aliphatic rings. The van der Waals surface area contributed by atoms with Crippen LogP contribution < -0.4 is 0 Å². The summed E-state index contributed by atoms with van der Waals surface area (Å²) in [4.78, 5) is 0. The molecule has 0 bridgehead atoms. The van der Waals surface area contributed by atoms with Crippen LogP contribution in [0.4, 0.5) is 0 Å². The maximum atomic E-state index is 4.08. The molecule has 0 nitrogen and oxygen atoms in total.